The Morgan fingerprint density at radius 2 is 1.75 bits per heavy atom. The van der Waals surface area contributed by atoms with Crippen molar-refractivity contribution in [1.29, 1.82) is 0 Å². The van der Waals surface area contributed by atoms with Crippen molar-refractivity contribution in [2.24, 2.45) is 17.8 Å². The number of carbonyl (C=O) groups is 4. The van der Waals surface area contributed by atoms with Gasteiger partial charge < -0.3 is 35.1 Å². The van der Waals surface area contributed by atoms with Crippen molar-refractivity contribution in [2.75, 3.05) is 13.7 Å². The number of methoxy groups -OCH3 is 1. The number of aromatic nitrogens is 2. The molecule has 4 N–H and O–H groups in total. The van der Waals surface area contributed by atoms with E-state index in [1.165, 1.54) is 4.90 Å². The van der Waals surface area contributed by atoms with E-state index in [4.69, 9.17) is 19.2 Å². The first-order valence-electron chi connectivity index (χ1n) is 22.0. The zero-order chi connectivity index (χ0) is 45.4. The molecule has 2 aromatic heterocycles. The minimum atomic E-state index is -3.93. The van der Waals surface area contributed by atoms with Gasteiger partial charge in [-0.15, -0.1) is 0 Å². The number of sulfonamides is 1. The lowest BCUT2D eigenvalue weighted by molar-refractivity contribution is -0.142. The monoisotopic (exact) mass is 887 g/mol. The molecule has 0 radical (unpaired) electrons. The molecule has 17 heteroatoms. The summed E-state index contributed by atoms with van der Waals surface area (Å²) >= 11 is 0. The third-order valence-electron chi connectivity index (χ3n) is 12.0. The van der Waals surface area contributed by atoms with Crippen LogP contribution in [0.2, 0.25) is 0 Å². The second kappa shape index (κ2) is 18.0. The first kappa shape index (κ1) is 45.6. The fourth-order valence-corrected chi connectivity index (χ4v) is 9.96. The molecular weight excluding hydrogens is 827 g/mol. The van der Waals surface area contributed by atoms with Crippen LogP contribution in [0.1, 0.15) is 93.4 Å². The molecule has 2 aliphatic carbocycles. The quantitative estimate of drug-likeness (QED) is 0.190. The molecule has 2 saturated carbocycles. The minimum absolute atomic E-state index is 0.00485. The molecule has 2 unspecified atom stereocenters. The summed E-state index contributed by atoms with van der Waals surface area (Å²) in [5, 5.41) is 9.52. The Morgan fingerprint density at radius 1 is 1.00 bits per heavy atom. The third kappa shape index (κ3) is 10.7. The molecule has 340 valence electrons. The Kier molecular flexibility index (Phi) is 13.0. The van der Waals surface area contributed by atoms with Crippen molar-refractivity contribution in [2.45, 2.75) is 134 Å². The number of benzene rings is 1. The van der Waals surface area contributed by atoms with E-state index in [1.807, 2.05) is 78.0 Å². The van der Waals surface area contributed by atoms with E-state index < -0.39 is 74.2 Å². The van der Waals surface area contributed by atoms with E-state index in [0.29, 0.717) is 54.0 Å². The molecule has 16 nitrogen and oxygen atoms in total. The SMILES string of the molecule is COc1ccc2c(O[C@@H]3C[C@H]4C(=O)NC5(C(=O)NS(=O)(=O)C6CC6)CC5/C=C\CC[C@H](C)C[C@@H](C)[C@H](NC(=O)NC(C)(C)C)C(=O)N4C3)nc(-c3ccc(OC(C)C)cn3)cc2c1. The molecule has 7 atom stereocenters. The van der Waals surface area contributed by atoms with Gasteiger partial charge in [0.1, 0.15) is 35.2 Å². The zero-order valence-electron chi connectivity index (χ0n) is 37.4. The number of nitrogens with one attached hydrogen (secondary N) is 4. The van der Waals surface area contributed by atoms with E-state index in [0.717, 1.165) is 11.8 Å². The molecule has 0 spiro atoms. The molecule has 5 amide bonds. The number of rotatable bonds is 10. The van der Waals surface area contributed by atoms with Crippen LogP contribution in [0.3, 0.4) is 0 Å². The molecular formula is C46H61N7O9S. The first-order chi connectivity index (χ1) is 29.7. The lowest BCUT2D eigenvalue weighted by atomic mass is 9.88. The smallest absolute Gasteiger partial charge is 0.315 e. The Balaban J connectivity index is 1.25. The predicted molar refractivity (Wildman–Crippen MR) is 237 cm³/mol. The van der Waals surface area contributed by atoms with E-state index >= 15 is 4.79 Å². The number of amides is 5. The Bertz CT molecular complexity index is 2360. The number of ether oxygens (including phenoxy) is 3. The second-order valence-electron chi connectivity index (χ2n) is 19.0. The lowest BCUT2D eigenvalue weighted by Crippen LogP contribution is -2.60. The second-order valence-corrected chi connectivity index (χ2v) is 21.0. The van der Waals surface area contributed by atoms with Gasteiger partial charge in [0.2, 0.25) is 27.7 Å². The number of hydrogen-bond acceptors (Lipinski definition) is 11. The predicted octanol–water partition coefficient (Wildman–Crippen LogP) is 5.40. The van der Waals surface area contributed by atoms with Crippen LogP contribution in [0.25, 0.3) is 22.2 Å². The van der Waals surface area contributed by atoms with Gasteiger partial charge in [-0.25, -0.2) is 18.2 Å². The van der Waals surface area contributed by atoms with Gasteiger partial charge in [-0.2, -0.15) is 0 Å². The largest absolute Gasteiger partial charge is 0.497 e. The number of fused-ring (bicyclic) bond motifs is 3. The summed E-state index contributed by atoms with van der Waals surface area (Å²) in [5.41, 5.74) is -1.08. The first-order valence-corrected chi connectivity index (χ1v) is 23.5. The highest BCUT2D eigenvalue weighted by molar-refractivity contribution is 7.91. The highest BCUT2D eigenvalue weighted by Crippen LogP contribution is 2.46. The Hall–Kier alpha value is -5.45. The maximum absolute atomic E-state index is 15.0. The normalized spacial score (nSPS) is 27.2. The van der Waals surface area contributed by atoms with E-state index in [9.17, 15) is 22.8 Å². The average molecular weight is 888 g/mol. The summed E-state index contributed by atoms with van der Waals surface area (Å²) in [7, 11) is -2.35. The number of carbonyl (C=O) groups excluding carboxylic acids is 4. The molecule has 7 rings (SSSR count). The van der Waals surface area contributed by atoms with Crippen LogP contribution in [0.15, 0.2) is 54.7 Å². The maximum Gasteiger partial charge on any atom is 0.315 e. The third-order valence-corrected chi connectivity index (χ3v) is 13.9. The van der Waals surface area contributed by atoms with E-state index in [2.05, 4.69) is 32.6 Å². The van der Waals surface area contributed by atoms with Gasteiger partial charge in [0.05, 0.1) is 42.6 Å². The molecule has 1 saturated heterocycles. The number of nitrogens with zero attached hydrogens (tertiary/aromatic N) is 3. The van der Waals surface area contributed by atoms with Gasteiger partial charge in [0.25, 0.3) is 5.91 Å². The Morgan fingerprint density at radius 3 is 2.41 bits per heavy atom. The van der Waals surface area contributed by atoms with Crippen molar-refractivity contribution in [3.05, 3.63) is 54.7 Å². The highest BCUT2D eigenvalue weighted by Gasteiger charge is 2.62. The van der Waals surface area contributed by atoms with Gasteiger partial charge in [-0.3, -0.25) is 24.1 Å². The van der Waals surface area contributed by atoms with Crippen LogP contribution in [0.5, 0.6) is 17.4 Å². The van der Waals surface area contributed by atoms with Gasteiger partial charge in [0, 0.05) is 23.3 Å². The van der Waals surface area contributed by atoms with Crippen LogP contribution >= 0.6 is 0 Å². The van der Waals surface area contributed by atoms with Gasteiger partial charge in [0.15, 0.2) is 0 Å². The summed E-state index contributed by atoms with van der Waals surface area (Å²) in [6.07, 6.45) is 7.82. The van der Waals surface area contributed by atoms with Crippen LogP contribution < -0.4 is 34.9 Å². The summed E-state index contributed by atoms with van der Waals surface area (Å²) in [4.78, 5) is 68.2. The molecule has 63 heavy (non-hydrogen) atoms. The fraction of sp³-hybridized carbons (Fsp3) is 0.565. The fourth-order valence-electron chi connectivity index (χ4n) is 8.60. The molecule has 4 heterocycles. The number of allylic oxidation sites excluding steroid dienone is 1. The summed E-state index contributed by atoms with van der Waals surface area (Å²) < 4.78 is 46.3. The van der Waals surface area contributed by atoms with Gasteiger partial charge in [-0.1, -0.05) is 26.0 Å². The molecule has 3 aromatic rings. The summed E-state index contributed by atoms with van der Waals surface area (Å²) in [5.74, 6) is -1.11. The number of hydrogen-bond donors (Lipinski definition) is 4. The standard InChI is InChI=1S/C46H61N7O9S/c1-26(2)61-32-14-18-36(47-24-32)37-21-29-20-31(60-8)13-17-35(29)41(48-37)62-33-22-38-40(54)50-46(43(56)52-63(58,59)34-15-16-34)23-30(46)12-10-9-11-27(3)19-28(4)39(42(55)53(38)25-33)49-44(57)51-45(5,6)7/h10,12-14,17-18,20-21,24,26-28,30,33-34,38-39H,9,11,15-16,19,22-23,25H2,1-8H3,(H,50,54)(H,52,56)(H2,49,51,57)/b12-10-/t27-,28+,30?,33+,38-,39-,46?/m0/s1. The number of urea groups is 1. The van der Waals surface area contributed by atoms with E-state index in [-0.39, 0.29) is 43.2 Å². The van der Waals surface area contributed by atoms with Crippen molar-refractivity contribution in [3.8, 4) is 28.8 Å². The van der Waals surface area contributed by atoms with Crippen molar-refractivity contribution in [1.82, 2.24) is 35.5 Å². The van der Waals surface area contributed by atoms with Crippen molar-refractivity contribution >= 4 is 44.5 Å². The summed E-state index contributed by atoms with van der Waals surface area (Å²) in [6, 6.07) is 8.26. The molecule has 2 aliphatic heterocycles. The maximum atomic E-state index is 15.0. The highest BCUT2D eigenvalue weighted by atomic mass is 32.2. The molecule has 0 bridgehead atoms. The molecule has 3 fully saturated rings. The Labute approximate surface area is 369 Å². The van der Waals surface area contributed by atoms with Crippen LogP contribution in [0.4, 0.5) is 4.79 Å². The van der Waals surface area contributed by atoms with Crippen LogP contribution in [-0.2, 0) is 24.4 Å². The van der Waals surface area contributed by atoms with Crippen LogP contribution in [-0.4, -0.2) is 101 Å². The minimum Gasteiger partial charge on any atom is -0.497 e. The molecule has 4 aliphatic rings. The molecule has 1 aromatic carbocycles. The summed E-state index contributed by atoms with van der Waals surface area (Å²) in [6.45, 7) is 13.3. The lowest BCUT2D eigenvalue weighted by Gasteiger charge is -2.33. The number of pyridine rings is 2. The van der Waals surface area contributed by atoms with Gasteiger partial charge >= 0.3 is 6.03 Å². The van der Waals surface area contributed by atoms with Gasteiger partial charge in [-0.05, 0) is 127 Å². The van der Waals surface area contributed by atoms with Crippen LogP contribution in [0, 0.1) is 17.8 Å². The average Bonchev–Trinajstić information content (AvgIpc) is 4.14. The topological polar surface area (TPSA) is 207 Å². The zero-order valence-corrected chi connectivity index (χ0v) is 38.2. The van der Waals surface area contributed by atoms with Crippen molar-refractivity contribution in [3.63, 3.8) is 0 Å². The van der Waals surface area contributed by atoms with Crippen molar-refractivity contribution < 1.29 is 41.8 Å². The van der Waals surface area contributed by atoms with E-state index in [1.54, 1.807) is 25.4 Å².